The van der Waals surface area contributed by atoms with Crippen LogP contribution in [0.5, 0.6) is 0 Å². The fourth-order valence-electron chi connectivity index (χ4n) is 2.83. The van der Waals surface area contributed by atoms with E-state index in [2.05, 4.69) is 19.0 Å². The van der Waals surface area contributed by atoms with E-state index in [-0.39, 0.29) is 11.5 Å². The van der Waals surface area contributed by atoms with Gasteiger partial charge in [-0.25, -0.2) is 0 Å². The van der Waals surface area contributed by atoms with E-state index in [1.54, 1.807) is 0 Å². The number of hydrogen-bond donors (Lipinski definition) is 0. The number of aryl methyl sites for hydroxylation is 1. The lowest BCUT2D eigenvalue weighted by Crippen LogP contribution is -2.12. The van der Waals surface area contributed by atoms with Crippen molar-refractivity contribution in [2.75, 3.05) is 20.6 Å². The van der Waals surface area contributed by atoms with Crippen LogP contribution in [0.15, 0.2) is 48.5 Å². The number of nitro benzene ring substituents is 1. The van der Waals surface area contributed by atoms with Crippen LogP contribution in [0.4, 0.5) is 5.69 Å². The van der Waals surface area contributed by atoms with E-state index in [4.69, 9.17) is 0 Å². The molecule has 0 aliphatic heterocycles. The lowest BCUT2D eigenvalue weighted by molar-refractivity contribution is -0.384. The standard InChI is InChI=1S/C21H26N2O3/c1-22(2)16-6-4-3-5-7-17-8-10-18(11-9-17)21(24)19-12-14-20(15-13-19)23(25)26/h8-15H,3-7,16H2,1-2H3. The monoisotopic (exact) mass is 354 g/mol. The Bertz CT molecular complexity index is 722. The first-order valence-corrected chi connectivity index (χ1v) is 9.00. The van der Waals surface area contributed by atoms with Crippen molar-refractivity contribution >= 4 is 11.5 Å². The van der Waals surface area contributed by atoms with Gasteiger partial charge >= 0.3 is 0 Å². The van der Waals surface area contributed by atoms with Crippen molar-refractivity contribution in [2.24, 2.45) is 0 Å². The second-order valence-corrected chi connectivity index (χ2v) is 6.80. The number of hydrogen-bond acceptors (Lipinski definition) is 4. The molecule has 0 saturated heterocycles. The minimum atomic E-state index is -0.469. The zero-order valence-electron chi connectivity index (χ0n) is 15.5. The third kappa shape index (κ3) is 6.08. The molecule has 0 radical (unpaired) electrons. The maximum absolute atomic E-state index is 12.5. The van der Waals surface area contributed by atoms with E-state index in [9.17, 15) is 14.9 Å². The second-order valence-electron chi connectivity index (χ2n) is 6.80. The minimum absolute atomic E-state index is 0.0116. The number of carbonyl (C=O) groups is 1. The molecule has 26 heavy (non-hydrogen) atoms. The summed E-state index contributed by atoms with van der Waals surface area (Å²) in [5.41, 5.74) is 2.29. The molecule has 0 saturated carbocycles. The normalized spacial score (nSPS) is 10.9. The second kappa shape index (κ2) is 9.82. The van der Waals surface area contributed by atoms with Crippen LogP contribution >= 0.6 is 0 Å². The van der Waals surface area contributed by atoms with Crippen LogP contribution in [0.3, 0.4) is 0 Å². The van der Waals surface area contributed by atoms with Gasteiger partial charge in [0.1, 0.15) is 0 Å². The summed E-state index contributed by atoms with van der Waals surface area (Å²) in [7, 11) is 4.19. The van der Waals surface area contributed by atoms with E-state index >= 15 is 0 Å². The molecule has 0 aromatic heterocycles. The number of nitrogens with zero attached hydrogens (tertiary/aromatic N) is 2. The molecule has 2 aromatic carbocycles. The summed E-state index contributed by atoms with van der Waals surface area (Å²) in [4.78, 5) is 24.9. The summed E-state index contributed by atoms with van der Waals surface area (Å²) in [6.45, 7) is 1.14. The minimum Gasteiger partial charge on any atom is -0.309 e. The fourth-order valence-corrected chi connectivity index (χ4v) is 2.83. The third-order valence-electron chi connectivity index (χ3n) is 4.38. The molecule has 0 heterocycles. The number of non-ortho nitro benzene ring substituents is 1. The summed E-state index contributed by atoms with van der Waals surface area (Å²) in [6.07, 6.45) is 5.87. The highest BCUT2D eigenvalue weighted by Crippen LogP contribution is 2.16. The first-order chi connectivity index (χ1) is 12.5. The Balaban J connectivity index is 1.84. The van der Waals surface area contributed by atoms with Crippen LogP contribution in [0.1, 0.15) is 47.2 Å². The van der Waals surface area contributed by atoms with E-state index in [0.29, 0.717) is 11.1 Å². The maximum atomic E-state index is 12.5. The van der Waals surface area contributed by atoms with Gasteiger partial charge in [-0.15, -0.1) is 0 Å². The Morgan fingerprint density at radius 2 is 1.42 bits per heavy atom. The molecule has 138 valence electrons. The van der Waals surface area contributed by atoms with Gasteiger partial charge in [0.05, 0.1) is 4.92 Å². The van der Waals surface area contributed by atoms with Crippen LogP contribution in [-0.4, -0.2) is 36.2 Å². The first-order valence-electron chi connectivity index (χ1n) is 9.00. The Hall–Kier alpha value is -2.53. The number of rotatable bonds is 10. The smallest absolute Gasteiger partial charge is 0.269 e. The molecule has 0 N–H and O–H groups in total. The SMILES string of the molecule is CN(C)CCCCCCc1ccc(C(=O)c2ccc([N+](=O)[O-])cc2)cc1. The Labute approximate surface area is 154 Å². The zero-order valence-corrected chi connectivity index (χ0v) is 15.5. The highest BCUT2D eigenvalue weighted by atomic mass is 16.6. The first kappa shape index (κ1) is 19.8. The van der Waals surface area contributed by atoms with Gasteiger partial charge in [-0.2, -0.15) is 0 Å². The number of nitro groups is 1. The maximum Gasteiger partial charge on any atom is 0.269 e. The molecule has 0 bridgehead atoms. The van der Waals surface area contributed by atoms with E-state index in [0.717, 1.165) is 19.4 Å². The number of ketones is 1. The van der Waals surface area contributed by atoms with Crippen LogP contribution in [0.25, 0.3) is 0 Å². The zero-order chi connectivity index (χ0) is 18.9. The fraction of sp³-hybridized carbons (Fsp3) is 0.381. The lowest BCUT2D eigenvalue weighted by Gasteiger charge is -2.08. The van der Waals surface area contributed by atoms with Gasteiger partial charge in [-0.05, 0) is 57.6 Å². The molecule has 0 spiro atoms. The van der Waals surface area contributed by atoms with Crippen LogP contribution < -0.4 is 0 Å². The highest BCUT2D eigenvalue weighted by Gasteiger charge is 2.11. The van der Waals surface area contributed by atoms with Gasteiger partial charge in [-0.1, -0.05) is 37.1 Å². The molecule has 0 unspecified atom stereocenters. The van der Waals surface area contributed by atoms with Crippen LogP contribution in [-0.2, 0) is 6.42 Å². The van der Waals surface area contributed by atoms with Crippen molar-refractivity contribution < 1.29 is 9.72 Å². The molecular weight excluding hydrogens is 328 g/mol. The van der Waals surface area contributed by atoms with Gasteiger partial charge in [0.15, 0.2) is 5.78 Å². The van der Waals surface area contributed by atoms with Crippen LogP contribution in [0.2, 0.25) is 0 Å². The molecule has 2 aromatic rings. The van der Waals surface area contributed by atoms with Crippen molar-refractivity contribution in [3.63, 3.8) is 0 Å². The van der Waals surface area contributed by atoms with Crippen molar-refractivity contribution in [3.05, 3.63) is 75.3 Å². The largest absolute Gasteiger partial charge is 0.309 e. The number of carbonyl (C=O) groups excluding carboxylic acids is 1. The number of unbranched alkanes of at least 4 members (excludes halogenated alkanes) is 3. The molecule has 0 fully saturated rings. The van der Waals surface area contributed by atoms with E-state index in [1.165, 1.54) is 49.1 Å². The Morgan fingerprint density at radius 1 is 0.885 bits per heavy atom. The summed E-state index contributed by atoms with van der Waals surface area (Å²) in [5, 5.41) is 10.7. The Morgan fingerprint density at radius 3 is 1.96 bits per heavy atom. The molecule has 0 atom stereocenters. The van der Waals surface area contributed by atoms with E-state index in [1.807, 2.05) is 24.3 Å². The van der Waals surface area contributed by atoms with Crippen molar-refractivity contribution in [1.29, 1.82) is 0 Å². The predicted molar refractivity (Wildman–Crippen MR) is 104 cm³/mol. The quantitative estimate of drug-likeness (QED) is 0.273. The highest BCUT2D eigenvalue weighted by molar-refractivity contribution is 6.09. The summed E-state index contributed by atoms with van der Waals surface area (Å²) in [6, 6.07) is 13.4. The van der Waals surface area contributed by atoms with Crippen molar-refractivity contribution in [2.45, 2.75) is 32.1 Å². The average molecular weight is 354 g/mol. The molecular formula is C21H26N2O3. The van der Waals surface area contributed by atoms with Gasteiger partial charge in [-0.3, -0.25) is 14.9 Å². The van der Waals surface area contributed by atoms with Gasteiger partial charge in [0.25, 0.3) is 5.69 Å². The lowest BCUT2D eigenvalue weighted by atomic mass is 10.00. The van der Waals surface area contributed by atoms with Crippen LogP contribution in [0, 0.1) is 10.1 Å². The molecule has 0 aliphatic carbocycles. The van der Waals surface area contributed by atoms with Gasteiger partial charge < -0.3 is 4.90 Å². The van der Waals surface area contributed by atoms with Gasteiger partial charge in [0, 0.05) is 23.3 Å². The topological polar surface area (TPSA) is 63.5 Å². The third-order valence-corrected chi connectivity index (χ3v) is 4.38. The molecule has 2 rings (SSSR count). The van der Waals surface area contributed by atoms with E-state index < -0.39 is 4.92 Å². The van der Waals surface area contributed by atoms with Gasteiger partial charge in [0.2, 0.25) is 0 Å². The molecule has 0 aliphatic rings. The number of benzene rings is 2. The van der Waals surface area contributed by atoms with Crippen molar-refractivity contribution in [1.82, 2.24) is 4.90 Å². The average Bonchev–Trinajstić information content (AvgIpc) is 2.64. The summed E-state index contributed by atoms with van der Waals surface area (Å²) >= 11 is 0. The Kier molecular flexibility index (Phi) is 7.48. The molecule has 0 amide bonds. The molecule has 5 nitrogen and oxygen atoms in total. The summed E-state index contributed by atoms with van der Waals surface area (Å²) < 4.78 is 0. The van der Waals surface area contributed by atoms with Crippen molar-refractivity contribution in [3.8, 4) is 0 Å². The molecule has 5 heteroatoms. The summed E-state index contributed by atoms with van der Waals surface area (Å²) in [5.74, 6) is -0.116. The predicted octanol–water partition coefficient (Wildman–Crippen LogP) is 4.49.